The van der Waals surface area contributed by atoms with Gasteiger partial charge in [-0.05, 0) is 25.7 Å². The Kier molecular flexibility index (Phi) is 4.27. The molecule has 1 aliphatic rings. The number of hydrogen-bond acceptors (Lipinski definition) is 5. The summed E-state index contributed by atoms with van der Waals surface area (Å²) in [6.45, 7) is 5.10. The molecule has 5 heteroatoms. The monoisotopic (exact) mass is 254 g/mol. The van der Waals surface area contributed by atoms with Gasteiger partial charge < -0.3 is 9.47 Å². The van der Waals surface area contributed by atoms with Gasteiger partial charge in [-0.1, -0.05) is 6.08 Å². The van der Waals surface area contributed by atoms with E-state index >= 15 is 0 Å². The molecule has 2 unspecified atom stereocenters. The third kappa shape index (κ3) is 2.17. The molecular formula is C13H18O5. The van der Waals surface area contributed by atoms with Crippen LogP contribution < -0.4 is 0 Å². The Morgan fingerprint density at radius 1 is 1.17 bits per heavy atom. The number of rotatable bonds is 4. The van der Waals surface area contributed by atoms with Crippen LogP contribution in [-0.4, -0.2) is 31.9 Å². The smallest absolute Gasteiger partial charge is 0.323 e. The SMILES string of the molecule is C=CC1CC(C(=O)OC)(C(=O)OC)CC1C(C)=O. The molecule has 0 saturated heterocycles. The van der Waals surface area contributed by atoms with Crippen LogP contribution in [0.2, 0.25) is 0 Å². The lowest BCUT2D eigenvalue weighted by Crippen LogP contribution is -2.39. The van der Waals surface area contributed by atoms with Gasteiger partial charge in [0.15, 0.2) is 5.41 Å². The molecule has 1 saturated carbocycles. The highest BCUT2D eigenvalue weighted by atomic mass is 16.5. The maximum absolute atomic E-state index is 11.9. The fraction of sp³-hybridized carbons (Fsp3) is 0.615. The highest BCUT2D eigenvalue weighted by Gasteiger charge is 2.57. The zero-order chi connectivity index (χ0) is 13.9. The van der Waals surface area contributed by atoms with E-state index in [0.717, 1.165) is 0 Å². The van der Waals surface area contributed by atoms with Gasteiger partial charge in [-0.2, -0.15) is 0 Å². The summed E-state index contributed by atoms with van der Waals surface area (Å²) in [6.07, 6.45) is 1.94. The number of allylic oxidation sites excluding steroid dienone is 1. The topological polar surface area (TPSA) is 69.7 Å². The molecule has 100 valence electrons. The minimum Gasteiger partial charge on any atom is -0.468 e. The number of methoxy groups -OCH3 is 2. The third-order valence-electron chi connectivity index (χ3n) is 3.65. The van der Waals surface area contributed by atoms with Crippen molar-refractivity contribution in [1.29, 1.82) is 0 Å². The molecule has 0 bridgehead atoms. The largest absolute Gasteiger partial charge is 0.468 e. The van der Waals surface area contributed by atoms with E-state index in [4.69, 9.17) is 9.47 Å². The second-order valence-electron chi connectivity index (χ2n) is 4.59. The highest BCUT2D eigenvalue weighted by Crippen LogP contribution is 2.48. The summed E-state index contributed by atoms with van der Waals surface area (Å²) in [6, 6.07) is 0. The quantitative estimate of drug-likeness (QED) is 0.427. The fourth-order valence-electron chi connectivity index (χ4n) is 2.65. The van der Waals surface area contributed by atoms with E-state index in [2.05, 4.69) is 6.58 Å². The lowest BCUT2D eigenvalue weighted by Gasteiger charge is -2.22. The van der Waals surface area contributed by atoms with Crippen molar-refractivity contribution in [3.8, 4) is 0 Å². The molecule has 1 fully saturated rings. The number of hydrogen-bond donors (Lipinski definition) is 0. The van der Waals surface area contributed by atoms with Crippen LogP contribution in [0.4, 0.5) is 0 Å². The highest BCUT2D eigenvalue weighted by molar-refractivity contribution is 6.01. The molecular weight excluding hydrogens is 236 g/mol. The van der Waals surface area contributed by atoms with Gasteiger partial charge in [-0.15, -0.1) is 6.58 Å². The van der Waals surface area contributed by atoms with E-state index in [9.17, 15) is 14.4 Å². The van der Waals surface area contributed by atoms with Gasteiger partial charge in [0.05, 0.1) is 14.2 Å². The van der Waals surface area contributed by atoms with Crippen molar-refractivity contribution in [3.05, 3.63) is 12.7 Å². The van der Waals surface area contributed by atoms with Crippen LogP contribution in [0.5, 0.6) is 0 Å². The molecule has 0 aromatic heterocycles. The summed E-state index contributed by atoms with van der Waals surface area (Å²) < 4.78 is 9.39. The first kappa shape index (κ1) is 14.4. The van der Waals surface area contributed by atoms with Crippen molar-refractivity contribution in [1.82, 2.24) is 0 Å². The first-order valence-electron chi connectivity index (χ1n) is 5.72. The summed E-state index contributed by atoms with van der Waals surface area (Å²) >= 11 is 0. The molecule has 0 amide bonds. The Morgan fingerprint density at radius 2 is 1.67 bits per heavy atom. The molecule has 0 heterocycles. The summed E-state index contributed by atoms with van der Waals surface area (Å²) in [5.74, 6) is -1.95. The molecule has 0 aromatic rings. The summed E-state index contributed by atoms with van der Waals surface area (Å²) in [7, 11) is 2.44. The van der Waals surface area contributed by atoms with Gasteiger partial charge in [0.25, 0.3) is 0 Å². The molecule has 0 radical (unpaired) electrons. The minimum atomic E-state index is -1.38. The molecule has 0 N–H and O–H groups in total. The summed E-state index contributed by atoms with van der Waals surface area (Å²) in [5.41, 5.74) is -1.38. The van der Waals surface area contributed by atoms with E-state index in [-0.39, 0.29) is 30.5 Å². The van der Waals surface area contributed by atoms with Crippen molar-refractivity contribution in [3.63, 3.8) is 0 Å². The molecule has 0 aromatic carbocycles. The van der Waals surface area contributed by atoms with E-state index in [1.54, 1.807) is 6.08 Å². The normalized spacial score (nSPS) is 25.3. The molecule has 0 aliphatic heterocycles. The van der Waals surface area contributed by atoms with Gasteiger partial charge in [-0.25, -0.2) is 0 Å². The zero-order valence-electron chi connectivity index (χ0n) is 10.9. The van der Waals surface area contributed by atoms with Crippen LogP contribution in [0.3, 0.4) is 0 Å². The lowest BCUT2D eigenvalue weighted by atomic mass is 9.84. The lowest BCUT2D eigenvalue weighted by molar-refractivity contribution is -0.169. The first-order chi connectivity index (χ1) is 8.42. The third-order valence-corrected chi connectivity index (χ3v) is 3.65. The van der Waals surface area contributed by atoms with Crippen molar-refractivity contribution in [2.24, 2.45) is 17.3 Å². The van der Waals surface area contributed by atoms with E-state index < -0.39 is 17.4 Å². The predicted octanol–water partition coefficient (Wildman–Crippen LogP) is 1.12. The second kappa shape index (κ2) is 5.33. The average Bonchev–Trinajstić information content (AvgIpc) is 2.77. The maximum atomic E-state index is 11.9. The number of esters is 2. The zero-order valence-corrected chi connectivity index (χ0v) is 10.9. The maximum Gasteiger partial charge on any atom is 0.323 e. The standard InChI is InChI=1S/C13H18O5/c1-5-9-6-13(11(15)17-3,12(16)18-4)7-10(9)8(2)14/h5,9-10H,1,6-7H2,2-4H3. The molecule has 1 aliphatic carbocycles. The molecule has 18 heavy (non-hydrogen) atoms. The van der Waals surface area contributed by atoms with Crippen molar-refractivity contribution in [2.75, 3.05) is 14.2 Å². The summed E-state index contributed by atoms with van der Waals surface area (Å²) in [4.78, 5) is 35.4. The van der Waals surface area contributed by atoms with Crippen molar-refractivity contribution < 1.29 is 23.9 Å². The van der Waals surface area contributed by atoms with Crippen LogP contribution in [0.15, 0.2) is 12.7 Å². The number of Topliss-reactive ketones (excluding diaryl/α,β-unsaturated/α-hetero) is 1. The number of ether oxygens (including phenoxy) is 2. The van der Waals surface area contributed by atoms with Gasteiger partial charge in [-0.3, -0.25) is 14.4 Å². The van der Waals surface area contributed by atoms with Gasteiger partial charge in [0, 0.05) is 5.92 Å². The van der Waals surface area contributed by atoms with Gasteiger partial charge >= 0.3 is 11.9 Å². The minimum absolute atomic E-state index is 0.0606. The van der Waals surface area contributed by atoms with Crippen LogP contribution in [0, 0.1) is 17.3 Å². The van der Waals surface area contributed by atoms with Crippen LogP contribution in [-0.2, 0) is 23.9 Å². The van der Waals surface area contributed by atoms with E-state index in [1.807, 2.05) is 0 Å². The van der Waals surface area contributed by atoms with Crippen LogP contribution in [0.25, 0.3) is 0 Å². The number of carbonyl (C=O) groups is 3. The van der Waals surface area contributed by atoms with Gasteiger partial charge in [0.2, 0.25) is 0 Å². The second-order valence-corrected chi connectivity index (χ2v) is 4.59. The average molecular weight is 254 g/mol. The predicted molar refractivity (Wildman–Crippen MR) is 63.6 cm³/mol. The molecule has 5 nitrogen and oxygen atoms in total. The Bertz CT molecular complexity index is 369. The number of carbonyl (C=O) groups excluding carboxylic acids is 3. The van der Waals surface area contributed by atoms with Crippen molar-refractivity contribution in [2.45, 2.75) is 19.8 Å². The summed E-state index contributed by atoms with van der Waals surface area (Å²) in [5, 5.41) is 0. The molecule has 0 spiro atoms. The first-order valence-corrected chi connectivity index (χ1v) is 5.72. The Balaban J connectivity index is 3.16. The molecule has 1 rings (SSSR count). The Morgan fingerprint density at radius 3 is 1.94 bits per heavy atom. The van der Waals surface area contributed by atoms with E-state index in [1.165, 1.54) is 21.1 Å². The number of ketones is 1. The van der Waals surface area contributed by atoms with Gasteiger partial charge in [0.1, 0.15) is 5.78 Å². The Hall–Kier alpha value is -1.65. The Labute approximate surface area is 106 Å². The molecule has 2 atom stereocenters. The van der Waals surface area contributed by atoms with Crippen LogP contribution >= 0.6 is 0 Å². The fourth-order valence-corrected chi connectivity index (χ4v) is 2.65. The van der Waals surface area contributed by atoms with Crippen molar-refractivity contribution >= 4 is 17.7 Å². The van der Waals surface area contributed by atoms with E-state index in [0.29, 0.717) is 0 Å². The van der Waals surface area contributed by atoms with Crippen LogP contribution in [0.1, 0.15) is 19.8 Å².